The molecule has 0 radical (unpaired) electrons. The Hall–Kier alpha value is -0.890. The first kappa shape index (κ1) is 11.6. The number of carbonyl (C=O) groups excluding carboxylic acids is 1. The lowest BCUT2D eigenvalue weighted by molar-refractivity contribution is 0.0954. The van der Waals surface area contributed by atoms with Gasteiger partial charge in [-0.15, -0.1) is 11.3 Å². The molecule has 0 unspecified atom stereocenters. The molecule has 16 heavy (non-hydrogen) atoms. The van der Waals surface area contributed by atoms with Gasteiger partial charge in [0.1, 0.15) is 5.56 Å². The summed E-state index contributed by atoms with van der Waals surface area (Å²) >= 11 is 3.55. The summed E-state index contributed by atoms with van der Waals surface area (Å²) in [6.07, 6.45) is 1.47. The van der Waals surface area contributed by atoms with Crippen molar-refractivity contribution in [3.63, 3.8) is 0 Å². The third kappa shape index (κ3) is 1.99. The average Bonchev–Trinajstić information content (AvgIpc) is 2.60. The largest absolute Gasteiger partial charge is 0.359 e. The molecular weight excluding hydrogens is 339 g/mol. The van der Waals surface area contributed by atoms with E-state index < -0.39 is 0 Å². The summed E-state index contributed by atoms with van der Waals surface area (Å²) in [6, 6.07) is 1.89. The summed E-state index contributed by atoms with van der Waals surface area (Å²) in [7, 11) is 0. The summed E-state index contributed by atoms with van der Waals surface area (Å²) in [6.45, 7) is 2.33. The van der Waals surface area contributed by atoms with Gasteiger partial charge in [0.15, 0.2) is 0 Å². The Labute approximate surface area is 109 Å². The molecule has 0 aliphatic carbocycles. The van der Waals surface area contributed by atoms with Crippen LogP contribution in [0.15, 0.2) is 17.1 Å². The molecule has 0 bridgehead atoms. The number of H-pyrrole nitrogens is 1. The first-order valence-electron chi connectivity index (χ1n) is 4.72. The predicted molar refractivity (Wildman–Crippen MR) is 73.2 cm³/mol. The van der Waals surface area contributed by atoms with Crippen molar-refractivity contribution >= 4 is 50.1 Å². The molecule has 84 valence electrons. The molecule has 0 spiro atoms. The van der Waals surface area contributed by atoms with E-state index in [-0.39, 0.29) is 16.9 Å². The zero-order valence-electron chi connectivity index (χ0n) is 8.46. The molecule has 0 aliphatic rings. The van der Waals surface area contributed by atoms with Gasteiger partial charge in [-0.2, -0.15) is 0 Å². The van der Waals surface area contributed by atoms with Gasteiger partial charge in [-0.25, -0.2) is 0 Å². The molecule has 0 saturated carbocycles. The van der Waals surface area contributed by atoms with Crippen molar-refractivity contribution in [1.82, 2.24) is 10.3 Å². The van der Waals surface area contributed by atoms with Crippen LogP contribution in [0, 0.1) is 2.88 Å². The number of hydrogen-bond donors (Lipinski definition) is 2. The number of nitrogens with one attached hydrogen (secondary N) is 2. The minimum Gasteiger partial charge on any atom is -0.359 e. The molecule has 0 fully saturated rings. The van der Waals surface area contributed by atoms with Crippen LogP contribution >= 0.6 is 33.9 Å². The van der Waals surface area contributed by atoms with Gasteiger partial charge in [-0.1, -0.05) is 0 Å². The lowest BCUT2D eigenvalue weighted by Gasteiger charge is -2.00. The van der Waals surface area contributed by atoms with Gasteiger partial charge < -0.3 is 10.3 Å². The maximum Gasteiger partial charge on any atom is 0.256 e. The van der Waals surface area contributed by atoms with E-state index in [1.165, 1.54) is 17.5 Å². The van der Waals surface area contributed by atoms with Crippen LogP contribution in [-0.2, 0) is 0 Å². The highest BCUT2D eigenvalue weighted by Gasteiger charge is 2.13. The standard InChI is InChI=1S/C10H9IN2O2S/c1-2-12-10(15)5-4-13-6-3-7(11)16-9(6)8(5)14/h3-4H,2H2,1H3,(H,12,15)(H,13,14). The predicted octanol–water partition coefficient (Wildman–Crippen LogP) is 1.94. The number of amides is 1. The van der Waals surface area contributed by atoms with E-state index in [0.29, 0.717) is 11.2 Å². The maximum absolute atomic E-state index is 12.0. The van der Waals surface area contributed by atoms with E-state index in [4.69, 9.17) is 0 Å². The first-order valence-corrected chi connectivity index (χ1v) is 6.62. The summed E-state index contributed by atoms with van der Waals surface area (Å²) in [4.78, 5) is 26.5. The number of fused-ring (bicyclic) bond motifs is 1. The maximum atomic E-state index is 12.0. The fourth-order valence-electron chi connectivity index (χ4n) is 1.40. The van der Waals surface area contributed by atoms with Crippen molar-refractivity contribution < 1.29 is 4.79 Å². The van der Waals surface area contributed by atoms with Gasteiger partial charge in [-0.3, -0.25) is 9.59 Å². The van der Waals surface area contributed by atoms with Crippen molar-refractivity contribution in [2.75, 3.05) is 6.54 Å². The highest BCUT2D eigenvalue weighted by Crippen LogP contribution is 2.22. The van der Waals surface area contributed by atoms with E-state index in [9.17, 15) is 9.59 Å². The van der Waals surface area contributed by atoms with Gasteiger partial charge in [0.25, 0.3) is 5.91 Å². The second kappa shape index (κ2) is 4.54. The normalized spacial score (nSPS) is 10.6. The highest BCUT2D eigenvalue weighted by molar-refractivity contribution is 14.1. The number of rotatable bonds is 2. The number of pyridine rings is 1. The second-order valence-electron chi connectivity index (χ2n) is 3.18. The molecule has 1 amide bonds. The van der Waals surface area contributed by atoms with Crippen LogP contribution in [0.2, 0.25) is 0 Å². The minimum atomic E-state index is -0.325. The van der Waals surface area contributed by atoms with Crippen molar-refractivity contribution in [2.24, 2.45) is 0 Å². The SMILES string of the molecule is CCNC(=O)c1c[nH]c2cc(I)sc2c1=O. The molecule has 0 aromatic carbocycles. The molecule has 4 nitrogen and oxygen atoms in total. The molecular formula is C10H9IN2O2S. The second-order valence-corrected chi connectivity index (χ2v) is 6.13. The summed E-state index contributed by atoms with van der Waals surface area (Å²) in [5, 5.41) is 2.62. The Kier molecular flexibility index (Phi) is 3.29. The van der Waals surface area contributed by atoms with Crippen LogP contribution < -0.4 is 10.7 Å². The number of halogens is 1. The molecule has 0 saturated heterocycles. The van der Waals surface area contributed by atoms with Crippen molar-refractivity contribution in [3.05, 3.63) is 30.9 Å². The van der Waals surface area contributed by atoms with Gasteiger partial charge in [0.2, 0.25) is 5.43 Å². The third-order valence-electron chi connectivity index (χ3n) is 2.11. The van der Waals surface area contributed by atoms with E-state index >= 15 is 0 Å². The smallest absolute Gasteiger partial charge is 0.256 e. The molecule has 0 atom stereocenters. The molecule has 2 aromatic rings. The monoisotopic (exact) mass is 348 g/mol. The van der Waals surface area contributed by atoms with Crippen molar-refractivity contribution in [3.8, 4) is 0 Å². The molecule has 2 N–H and O–H groups in total. The molecule has 2 heterocycles. The van der Waals surface area contributed by atoms with Gasteiger partial charge in [0.05, 0.1) is 13.1 Å². The van der Waals surface area contributed by atoms with E-state index in [2.05, 4.69) is 32.9 Å². The molecule has 0 aliphatic heterocycles. The summed E-state index contributed by atoms with van der Waals surface area (Å²) in [5.41, 5.74) is 0.757. The first-order chi connectivity index (χ1) is 7.63. The zero-order chi connectivity index (χ0) is 11.7. The highest BCUT2D eigenvalue weighted by atomic mass is 127. The fraction of sp³-hybridized carbons (Fsp3) is 0.200. The molecule has 2 aromatic heterocycles. The van der Waals surface area contributed by atoms with Gasteiger partial charge in [0, 0.05) is 12.7 Å². The molecule has 6 heteroatoms. The number of carbonyl (C=O) groups is 1. The van der Waals surface area contributed by atoms with Crippen LogP contribution in [0.4, 0.5) is 0 Å². The Balaban J connectivity index is 2.60. The quantitative estimate of drug-likeness (QED) is 0.815. The van der Waals surface area contributed by atoms with Crippen LogP contribution in [0.3, 0.4) is 0 Å². The number of thiophene rings is 1. The minimum absolute atomic E-state index is 0.174. The van der Waals surface area contributed by atoms with E-state index in [1.807, 2.05) is 13.0 Å². The lowest BCUT2D eigenvalue weighted by Crippen LogP contribution is -2.28. The topological polar surface area (TPSA) is 62.0 Å². The van der Waals surface area contributed by atoms with Crippen molar-refractivity contribution in [1.29, 1.82) is 0 Å². The summed E-state index contributed by atoms with van der Waals surface area (Å²) < 4.78 is 1.63. The Morgan fingerprint density at radius 1 is 1.62 bits per heavy atom. The Bertz CT molecular complexity index is 602. The van der Waals surface area contributed by atoms with Crippen LogP contribution in [0.25, 0.3) is 10.2 Å². The average molecular weight is 348 g/mol. The number of hydrogen-bond acceptors (Lipinski definition) is 3. The number of aromatic nitrogens is 1. The lowest BCUT2D eigenvalue weighted by atomic mass is 10.2. The zero-order valence-corrected chi connectivity index (χ0v) is 11.4. The summed E-state index contributed by atoms with van der Waals surface area (Å²) in [5.74, 6) is -0.325. The third-order valence-corrected chi connectivity index (χ3v) is 4.00. The fourth-order valence-corrected chi connectivity index (χ4v) is 3.17. The number of aromatic amines is 1. The Morgan fingerprint density at radius 3 is 3.06 bits per heavy atom. The van der Waals surface area contributed by atoms with E-state index in [0.717, 1.165) is 8.40 Å². The molecule has 2 rings (SSSR count). The van der Waals surface area contributed by atoms with Crippen LogP contribution in [-0.4, -0.2) is 17.4 Å². The van der Waals surface area contributed by atoms with Crippen LogP contribution in [0.5, 0.6) is 0 Å². The van der Waals surface area contributed by atoms with Gasteiger partial charge in [-0.05, 0) is 35.6 Å². The Morgan fingerprint density at radius 2 is 2.38 bits per heavy atom. The van der Waals surface area contributed by atoms with Gasteiger partial charge >= 0.3 is 0 Å². The van der Waals surface area contributed by atoms with E-state index in [1.54, 1.807) is 0 Å². The van der Waals surface area contributed by atoms with Crippen molar-refractivity contribution in [2.45, 2.75) is 6.92 Å². The van der Waals surface area contributed by atoms with Crippen LogP contribution in [0.1, 0.15) is 17.3 Å².